The Labute approximate surface area is 64.4 Å². The Kier molecular flexibility index (Phi) is 8.67. The van der Waals surface area contributed by atoms with E-state index in [1.807, 2.05) is 0 Å². The van der Waals surface area contributed by atoms with Crippen LogP contribution in [0.5, 0.6) is 0 Å². The molecule has 0 nitrogen and oxygen atoms in total. The van der Waals surface area contributed by atoms with E-state index < -0.39 is 0 Å². The molecule has 1 aliphatic carbocycles. The highest BCUT2D eigenvalue weighted by molar-refractivity contribution is 7.79. The molecule has 56 valence electrons. The van der Waals surface area contributed by atoms with Crippen LogP contribution in [0.15, 0.2) is 0 Å². The maximum atomic E-state index is 3.53. The van der Waals surface area contributed by atoms with Gasteiger partial charge >= 0.3 is 0 Å². The highest BCUT2D eigenvalue weighted by atomic mass is 32.1. The van der Waals surface area contributed by atoms with Crippen LogP contribution in [-0.2, 0) is 0 Å². The van der Waals surface area contributed by atoms with E-state index in [0.717, 1.165) is 0 Å². The largest absolute Gasteiger partial charge is 0.183 e. The number of hydrogen-bond acceptors (Lipinski definition) is 1. The van der Waals surface area contributed by atoms with E-state index >= 15 is 0 Å². The quantitative estimate of drug-likeness (QED) is 0.393. The zero-order valence-corrected chi connectivity index (χ0v) is 7.29. The van der Waals surface area contributed by atoms with Gasteiger partial charge in [0.05, 0.1) is 0 Å². The highest BCUT2D eigenvalue weighted by Crippen LogP contribution is 2.15. The van der Waals surface area contributed by atoms with E-state index in [2.05, 4.69) is 12.6 Å². The molecule has 1 heteroatoms. The topological polar surface area (TPSA) is 0 Å². The van der Waals surface area contributed by atoms with Crippen LogP contribution < -0.4 is 0 Å². The first-order valence-electron chi connectivity index (χ1n) is 3.95. The third-order valence-electron chi connectivity index (χ3n) is 1.75. The van der Waals surface area contributed by atoms with Crippen molar-refractivity contribution in [1.29, 1.82) is 0 Å². The predicted octanol–water partition coefficient (Wildman–Crippen LogP) is 3.28. The fraction of sp³-hybridized carbons (Fsp3) is 1.00. The first-order valence-corrected chi connectivity index (χ1v) is 4.84. The molecular weight excluding hydrogens is 128 g/mol. The smallest absolute Gasteiger partial charge is 0.0215 e. The molecule has 0 spiro atoms. The van der Waals surface area contributed by atoms with Crippen molar-refractivity contribution in [3.63, 3.8) is 0 Å². The molecule has 0 atom stereocenters. The molecule has 0 radical (unpaired) electrons. The van der Waals surface area contributed by atoms with Crippen molar-refractivity contribution in [3.05, 3.63) is 0 Å². The van der Waals surface area contributed by atoms with Gasteiger partial charge in [0.1, 0.15) is 0 Å². The summed E-state index contributed by atoms with van der Waals surface area (Å²) in [7, 11) is 0. The van der Waals surface area contributed by atoms with Crippen molar-refractivity contribution in [2.75, 3.05) is 6.26 Å². The molecule has 0 unspecified atom stereocenters. The fourth-order valence-electron chi connectivity index (χ4n) is 1.24. The molecule has 0 N–H and O–H groups in total. The van der Waals surface area contributed by atoms with Gasteiger partial charge in [-0.05, 0) is 6.26 Å². The Hall–Kier alpha value is 0.350. The summed E-state index contributed by atoms with van der Waals surface area (Å²) < 4.78 is 0. The lowest BCUT2D eigenvalue weighted by Crippen LogP contribution is -1.66. The van der Waals surface area contributed by atoms with Gasteiger partial charge in [0.25, 0.3) is 0 Å². The maximum Gasteiger partial charge on any atom is -0.0215 e. The van der Waals surface area contributed by atoms with E-state index in [0.29, 0.717) is 0 Å². The summed E-state index contributed by atoms with van der Waals surface area (Å²) in [5.74, 6) is 0. The first-order chi connectivity index (χ1) is 4.50. The van der Waals surface area contributed by atoms with Crippen molar-refractivity contribution in [3.8, 4) is 0 Å². The number of thiol groups is 1. The van der Waals surface area contributed by atoms with E-state index in [4.69, 9.17) is 0 Å². The number of hydrogen-bond donors (Lipinski definition) is 1. The normalized spacial score (nSPS) is 19.3. The maximum absolute atomic E-state index is 3.53. The predicted molar refractivity (Wildman–Crippen MR) is 47.2 cm³/mol. The minimum atomic E-state index is 1.50. The van der Waals surface area contributed by atoms with Crippen molar-refractivity contribution < 1.29 is 0 Å². The van der Waals surface area contributed by atoms with Crippen molar-refractivity contribution in [2.45, 2.75) is 44.9 Å². The lowest BCUT2D eigenvalue weighted by molar-refractivity contribution is 0.702. The SMILES string of the molecule is C1CCCCCC1.CS. The van der Waals surface area contributed by atoms with Crippen LogP contribution in [0.3, 0.4) is 0 Å². The molecule has 0 heterocycles. The molecule has 0 amide bonds. The summed E-state index contributed by atoms with van der Waals surface area (Å²) in [6, 6.07) is 0. The van der Waals surface area contributed by atoms with Gasteiger partial charge in [-0.2, -0.15) is 12.6 Å². The Bertz CT molecular complexity index is 24.2. The van der Waals surface area contributed by atoms with E-state index in [-0.39, 0.29) is 0 Å². The van der Waals surface area contributed by atoms with E-state index in [1.54, 1.807) is 6.26 Å². The van der Waals surface area contributed by atoms with E-state index in [1.165, 1.54) is 44.9 Å². The lowest BCUT2D eigenvalue weighted by Gasteiger charge is -1.85. The molecular formula is C8H18S. The molecule has 0 aliphatic heterocycles. The average molecular weight is 146 g/mol. The Morgan fingerprint density at radius 1 is 0.556 bits per heavy atom. The van der Waals surface area contributed by atoms with Gasteiger partial charge in [-0.3, -0.25) is 0 Å². The van der Waals surface area contributed by atoms with Gasteiger partial charge in [-0.15, -0.1) is 0 Å². The Morgan fingerprint density at radius 3 is 0.778 bits per heavy atom. The van der Waals surface area contributed by atoms with Gasteiger partial charge in [0.15, 0.2) is 0 Å². The van der Waals surface area contributed by atoms with Crippen LogP contribution in [0.25, 0.3) is 0 Å². The van der Waals surface area contributed by atoms with Crippen LogP contribution in [0.2, 0.25) is 0 Å². The molecule has 1 saturated carbocycles. The van der Waals surface area contributed by atoms with Crippen LogP contribution in [0, 0.1) is 0 Å². The zero-order chi connectivity index (χ0) is 6.95. The van der Waals surface area contributed by atoms with Gasteiger partial charge in [0, 0.05) is 0 Å². The summed E-state index contributed by atoms with van der Waals surface area (Å²) in [6.07, 6.45) is 12.2. The van der Waals surface area contributed by atoms with Gasteiger partial charge in [0.2, 0.25) is 0 Å². The molecule has 0 aromatic heterocycles. The number of rotatable bonds is 0. The second kappa shape index (κ2) is 8.35. The standard InChI is InChI=1S/C7H14.CH4S/c1-2-4-6-7-5-3-1;1-2/h1-7H2;2H,1H3. The van der Waals surface area contributed by atoms with Crippen LogP contribution in [0.1, 0.15) is 44.9 Å². The highest BCUT2D eigenvalue weighted by Gasteiger charge is 1.95. The summed E-state index contributed by atoms with van der Waals surface area (Å²) in [4.78, 5) is 0. The molecule has 1 fully saturated rings. The molecule has 0 aromatic rings. The third-order valence-corrected chi connectivity index (χ3v) is 1.75. The molecule has 1 aliphatic rings. The summed E-state index contributed by atoms with van der Waals surface area (Å²) in [5.41, 5.74) is 0. The fourth-order valence-corrected chi connectivity index (χ4v) is 1.24. The second-order valence-corrected chi connectivity index (χ2v) is 2.47. The average Bonchev–Trinajstić information content (AvgIpc) is 2.21. The zero-order valence-electron chi connectivity index (χ0n) is 6.40. The Morgan fingerprint density at radius 2 is 0.667 bits per heavy atom. The first kappa shape index (κ1) is 9.35. The van der Waals surface area contributed by atoms with Gasteiger partial charge < -0.3 is 0 Å². The summed E-state index contributed by atoms with van der Waals surface area (Å²) in [5, 5.41) is 0. The van der Waals surface area contributed by atoms with Crippen LogP contribution in [-0.4, -0.2) is 6.26 Å². The van der Waals surface area contributed by atoms with Crippen LogP contribution >= 0.6 is 12.6 Å². The second-order valence-electron chi connectivity index (χ2n) is 2.47. The van der Waals surface area contributed by atoms with E-state index in [9.17, 15) is 0 Å². The van der Waals surface area contributed by atoms with Crippen LogP contribution in [0.4, 0.5) is 0 Å². The van der Waals surface area contributed by atoms with Crippen molar-refractivity contribution in [2.24, 2.45) is 0 Å². The van der Waals surface area contributed by atoms with Gasteiger partial charge in [-0.25, -0.2) is 0 Å². The van der Waals surface area contributed by atoms with Crippen molar-refractivity contribution >= 4 is 12.6 Å². The molecule has 9 heavy (non-hydrogen) atoms. The third kappa shape index (κ3) is 6.23. The summed E-state index contributed by atoms with van der Waals surface area (Å²) >= 11 is 3.53. The molecule has 0 aromatic carbocycles. The minimum Gasteiger partial charge on any atom is -0.183 e. The molecule has 1 rings (SSSR count). The van der Waals surface area contributed by atoms with Crippen molar-refractivity contribution in [1.82, 2.24) is 0 Å². The summed E-state index contributed by atoms with van der Waals surface area (Å²) in [6.45, 7) is 0. The monoisotopic (exact) mass is 146 g/mol. The lowest BCUT2D eigenvalue weighted by atomic mass is 10.2. The Balaban J connectivity index is 0.000000291. The minimum absolute atomic E-state index is 1.50. The molecule has 0 saturated heterocycles. The molecule has 0 bridgehead atoms. The van der Waals surface area contributed by atoms with Gasteiger partial charge in [-0.1, -0.05) is 44.9 Å².